The number of carbonyl (C=O) groups excluding carboxylic acids is 3. The van der Waals surface area contributed by atoms with Gasteiger partial charge < -0.3 is 37.2 Å². The molecule has 1 saturated heterocycles. The Bertz CT molecular complexity index is 712. The van der Waals surface area contributed by atoms with Gasteiger partial charge in [0, 0.05) is 6.42 Å². The maximum atomic E-state index is 13.0. The molecule has 1 aliphatic rings. The van der Waals surface area contributed by atoms with E-state index in [0.29, 0.717) is 38.8 Å². The van der Waals surface area contributed by atoms with Gasteiger partial charge in [-0.2, -0.15) is 0 Å². The lowest BCUT2D eigenvalue weighted by Gasteiger charge is -2.26. The Balaban J connectivity index is 2.96. The van der Waals surface area contributed by atoms with Crippen LogP contribution in [0.4, 0.5) is 0 Å². The highest BCUT2D eigenvalue weighted by atomic mass is 16.4. The molecule has 5 atom stereocenters. The highest BCUT2D eigenvalue weighted by Crippen LogP contribution is 2.11. The number of aliphatic carboxylic acids is 2. The first-order chi connectivity index (χ1) is 16.1. The highest BCUT2D eigenvalue weighted by molar-refractivity contribution is 5.94. The van der Waals surface area contributed by atoms with Gasteiger partial charge in [0.25, 0.3) is 0 Å². The molecule has 1 aliphatic heterocycles. The second-order valence-electron chi connectivity index (χ2n) is 8.70. The van der Waals surface area contributed by atoms with Gasteiger partial charge in [-0.15, -0.1) is 0 Å². The van der Waals surface area contributed by atoms with Crippen molar-refractivity contribution in [1.82, 2.24) is 21.3 Å². The summed E-state index contributed by atoms with van der Waals surface area (Å²) in [5.74, 6) is -4.39. The minimum absolute atomic E-state index is 0.151. The van der Waals surface area contributed by atoms with Crippen LogP contribution >= 0.6 is 0 Å². The van der Waals surface area contributed by atoms with Crippen LogP contribution in [0.3, 0.4) is 0 Å². The second-order valence-corrected chi connectivity index (χ2v) is 8.70. The normalized spacial score (nSPS) is 18.9. The summed E-state index contributed by atoms with van der Waals surface area (Å²) in [4.78, 5) is 61.1. The fraction of sp³-hybridized carbons (Fsp3) is 0.773. The van der Waals surface area contributed by atoms with Crippen molar-refractivity contribution >= 4 is 29.7 Å². The van der Waals surface area contributed by atoms with Gasteiger partial charge in [-0.05, 0) is 57.5 Å². The Morgan fingerprint density at radius 2 is 1.65 bits per heavy atom. The van der Waals surface area contributed by atoms with E-state index in [-0.39, 0.29) is 25.2 Å². The lowest BCUT2D eigenvalue weighted by atomic mass is 9.98. The van der Waals surface area contributed by atoms with Crippen LogP contribution in [0.5, 0.6) is 0 Å². The number of hydrogen-bond donors (Lipinski definition) is 7. The van der Waals surface area contributed by atoms with Crippen molar-refractivity contribution in [3.63, 3.8) is 0 Å². The molecule has 8 N–H and O–H groups in total. The van der Waals surface area contributed by atoms with Gasteiger partial charge in [-0.25, -0.2) is 4.79 Å². The van der Waals surface area contributed by atoms with Crippen molar-refractivity contribution < 1.29 is 34.2 Å². The first kappa shape index (κ1) is 29.3. The molecule has 0 aromatic carbocycles. The van der Waals surface area contributed by atoms with E-state index >= 15 is 0 Å². The van der Waals surface area contributed by atoms with E-state index in [0.717, 1.165) is 6.42 Å². The molecule has 0 bridgehead atoms. The molecular weight excluding hydrogens is 446 g/mol. The molecule has 34 heavy (non-hydrogen) atoms. The first-order valence-corrected chi connectivity index (χ1v) is 11.9. The Hall–Kier alpha value is -2.73. The maximum Gasteiger partial charge on any atom is 0.326 e. The van der Waals surface area contributed by atoms with Crippen molar-refractivity contribution in [2.75, 3.05) is 13.1 Å². The lowest BCUT2D eigenvalue weighted by Crippen LogP contribution is -2.57. The summed E-state index contributed by atoms with van der Waals surface area (Å²) in [7, 11) is 0. The van der Waals surface area contributed by atoms with E-state index in [1.807, 2.05) is 6.92 Å². The quantitative estimate of drug-likeness (QED) is 0.138. The molecule has 1 heterocycles. The van der Waals surface area contributed by atoms with Gasteiger partial charge in [-0.1, -0.05) is 20.3 Å². The van der Waals surface area contributed by atoms with Gasteiger partial charge in [-0.3, -0.25) is 19.2 Å². The Labute approximate surface area is 199 Å². The molecule has 1 rings (SSSR count). The fourth-order valence-corrected chi connectivity index (χ4v) is 3.69. The van der Waals surface area contributed by atoms with Crippen LogP contribution in [0.25, 0.3) is 0 Å². The lowest BCUT2D eigenvalue weighted by molar-refractivity contribution is -0.144. The number of amides is 3. The SMILES string of the molecule is CCC(C)C(NC(=O)C(CCCCN)NC(=O)C(CCC(=O)O)NC(=O)C1CCCN1)C(=O)O. The van der Waals surface area contributed by atoms with Gasteiger partial charge in [0.2, 0.25) is 17.7 Å². The molecule has 12 nitrogen and oxygen atoms in total. The molecule has 0 aromatic heterocycles. The van der Waals surface area contributed by atoms with Crippen LogP contribution in [0, 0.1) is 5.92 Å². The topological polar surface area (TPSA) is 200 Å². The van der Waals surface area contributed by atoms with Crippen LogP contribution in [0.2, 0.25) is 0 Å². The minimum atomic E-state index is -1.18. The van der Waals surface area contributed by atoms with Crippen molar-refractivity contribution in [3.8, 4) is 0 Å². The number of nitrogens with two attached hydrogens (primary N) is 1. The average Bonchev–Trinajstić information content (AvgIpc) is 3.33. The van der Waals surface area contributed by atoms with Crippen LogP contribution in [-0.4, -0.2) is 77.1 Å². The van der Waals surface area contributed by atoms with Crippen LogP contribution in [-0.2, 0) is 24.0 Å². The largest absolute Gasteiger partial charge is 0.481 e. The van der Waals surface area contributed by atoms with Crippen LogP contribution < -0.4 is 27.0 Å². The van der Waals surface area contributed by atoms with E-state index < -0.39 is 53.8 Å². The average molecular weight is 486 g/mol. The van der Waals surface area contributed by atoms with E-state index in [1.165, 1.54) is 0 Å². The smallest absolute Gasteiger partial charge is 0.326 e. The summed E-state index contributed by atoms with van der Waals surface area (Å²) in [6.45, 7) is 4.57. The van der Waals surface area contributed by atoms with Crippen molar-refractivity contribution in [3.05, 3.63) is 0 Å². The second kappa shape index (κ2) is 15.2. The van der Waals surface area contributed by atoms with Gasteiger partial charge in [0.15, 0.2) is 0 Å². The third kappa shape index (κ3) is 10.0. The van der Waals surface area contributed by atoms with E-state index in [4.69, 9.17) is 10.8 Å². The third-order valence-electron chi connectivity index (χ3n) is 6.01. The Morgan fingerprint density at radius 1 is 1.00 bits per heavy atom. The zero-order chi connectivity index (χ0) is 25.7. The standard InChI is InChI=1S/C22H39N5O7/c1-3-13(2)18(22(33)34)27-21(32)15(7-4-5-11-23)25-20(31)16(9-10-17(28)29)26-19(30)14-8-6-12-24-14/h13-16,18,24H,3-12,23H2,1-2H3,(H,25,31)(H,26,30)(H,27,32)(H,28,29)(H,33,34). The molecule has 0 spiro atoms. The van der Waals surface area contributed by atoms with Gasteiger partial charge >= 0.3 is 11.9 Å². The molecule has 0 aromatic rings. The number of unbranched alkanes of at least 4 members (excludes halogenated alkanes) is 1. The molecule has 12 heteroatoms. The highest BCUT2D eigenvalue weighted by Gasteiger charge is 2.32. The number of carboxylic acids is 2. The molecule has 0 radical (unpaired) electrons. The molecular formula is C22H39N5O7. The summed E-state index contributed by atoms with van der Waals surface area (Å²) >= 11 is 0. The Kier molecular flexibility index (Phi) is 13.1. The van der Waals surface area contributed by atoms with Gasteiger partial charge in [0.05, 0.1) is 6.04 Å². The molecule has 194 valence electrons. The minimum Gasteiger partial charge on any atom is -0.481 e. The first-order valence-electron chi connectivity index (χ1n) is 11.9. The summed E-state index contributed by atoms with van der Waals surface area (Å²) in [5, 5.41) is 29.2. The summed E-state index contributed by atoms with van der Waals surface area (Å²) in [6, 6.07) is -3.79. The fourth-order valence-electron chi connectivity index (χ4n) is 3.69. The third-order valence-corrected chi connectivity index (χ3v) is 6.01. The zero-order valence-electron chi connectivity index (χ0n) is 20.0. The number of hydrogen-bond acceptors (Lipinski definition) is 7. The predicted molar refractivity (Wildman–Crippen MR) is 124 cm³/mol. The van der Waals surface area contributed by atoms with Crippen molar-refractivity contribution in [2.24, 2.45) is 11.7 Å². The van der Waals surface area contributed by atoms with Crippen LogP contribution in [0.15, 0.2) is 0 Å². The van der Waals surface area contributed by atoms with Gasteiger partial charge in [0.1, 0.15) is 18.1 Å². The molecule has 0 aliphatic carbocycles. The van der Waals surface area contributed by atoms with E-state index in [2.05, 4.69) is 21.3 Å². The maximum absolute atomic E-state index is 13.0. The van der Waals surface area contributed by atoms with Crippen molar-refractivity contribution in [1.29, 1.82) is 0 Å². The number of carbonyl (C=O) groups is 5. The summed E-state index contributed by atoms with van der Waals surface area (Å²) < 4.78 is 0. The van der Waals surface area contributed by atoms with E-state index in [9.17, 15) is 29.1 Å². The molecule has 0 saturated carbocycles. The zero-order valence-corrected chi connectivity index (χ0v) is 20.0. The number of carboxylic acid groups (broad SMARTS) is 2. The molecule has 1 fully saturated rings. The molecule has 5 unspecified atom stereocenters. The summed E-state index contributed by atoms with van der Waals surface area (Å²) in [5.41, 5.74) is 5.53. The summed E-state index contributed by atoms with van der Waals surface area (Å²) in [6.07, 6.45) is 2.76. The monoisotopic (exact) mass is 485 g/mol. The number of nitrogens with one attached hydrogen (secondary N) is 4. The van der Waals surface area contributed by atoms with Crippen molar-refractivity contribution in [2.45, 2.75) is 89.4 Å². The van der Waals surface area contributed by atoms with Crippen LogP contribution in [0.1, 0.15) is 65.2 Å². The predicted octanol–water partition coefficient (Wildman–Crippen LogP) is -0.683. The number of rotatable bonds is 16. The van der Waals surface area contributed by atoms with E-state index in [1.54, 1.807) is 6.92 Å². The molecule has 3 amide bonds. The Morgan fingerprint density at radius 3 is 2.18 bits per heavy atom.